The van der Waals surface area contributed by atoms with Crippen LogP contribution in [0.25, 0.3) is 0 Å². The van der Waals surface area contributed by atoms with Gasteiger partial charge in [0.1, 0.15) is 6.04 Å². The minimum absolute atomic E-state index is 0.293. The van der Waals surface area contributed by atoms with Crippen LogP contribution in [0.5, 0.6) is 0 Å². The highest BCUT2D eigenvalue weighted by Crippen LogP contribution is 2.56. The van der Waals surface area contributed by atoms with Crippen LogP contribution in [0.1, 0.15) is 32.6 Å². The number of nitrogens with zero attached hydrogens (tertiary/aromatic N) is 2. The molecule has 1 N–H and O–H groups in total. The molecule has 0 aromatic carbocycles. The van der Waals surface area contributed by atoms with Gasteiger partial charge in [0, 0.05) is 32.1 Å². The molecule has 0 spiro atoms. The lowest BCUT2D eigenvalue weighted by atomic mass is 10.0. The Hall–Kier alpha value is -1.10. The largest absolute Gasteiger partial charge is 0.480 e. The van der Waals surface area contributed by atoms with Crippen molar-refractivity contribution in [2.75, 3.05) is 26.2 Å². The van der Waals surface area contributed by atoms with Gasteiger partial charge >= 0.3 is 5.97 Å². The molecular formula is C15H24N2O3. The second-order valence-electron chi connectivity index (χ2n) is 6.51. The zero-order chi connectivity index (χ0) is 14.3. The molecule has 0 aromatic rings. The molecule has 2 saturated carbocycles. The lowest BCUT2D eigenvalue weighted by molar-refractivity contribution is -0.144. The highest BCUT2D eigenvalue weighted by atomic mass is 16.4. The highest BCUT2D eigenvalue weighted by molar-refractivity contribution is 5.82. The van der Waals surface area contributed by atoms with Crippen LogP contribution in [0.3, 0.4) is 0 Å². The molecule has 112 valence electrons. The number of carbonyl (C=O) groups is 2. The molecule has 3 unspecified atom stereocenters. The summed E-state index contributed by atoms with van der Waals surface area (Å²) in [6.45, 7) is 4.45. The van der Waals surface area contributed by atoms with Gasteiger partial charge in [-0.1, -0.05) is 12.8 Å². The Labute approximate surface area is 119 Å². The number of carbonyl (C=O) groups excluding carboxylic acids is 1. The molecule has 1 saturated heterocycles. The molecule has 0 radical (unpaired) electrons. The molecule has 20 heavy (non-hydrogen) atoms. The number of piperazine rings is 1. The predicted molar refractivity (Wildman–Crippen MR) is 74.2 cm³/mol. The number of carboxylic acids is 1. The number of fused-ring (bicyclic) bond motifs is 1. The molecule has 1 amide bonds. The van der Waals surface area contributed by atoms with Crippen LogP contribution in [0.15, 0.2) is 0 Å². The second-order valence-corrected chi connectivity index (χ2v) is 6.51. The Balaban J connectivity index is 1.51. The maximum absolute atomic E-state index is 12.5. The van der Waals surface area contributed by atoms with Crippen LogP contribution < -0.4 is 0 Å². The minimum Gasteiger partial charge on any atom is -0.480 e. The van der Waals surface area contributed by atoms with E-state index in [1.807, 2.05) is 9.80 Å². The molecule has 1 heterocycles. The van der Waals surface area contributed by atoms with Gasteiger partial charge in [0.2, 0.25) is 5.91 Å². The number of hydrogen-bond acceptors (Lipinski definition) is 3. The van der Waals surface area contributed by atoms with E-state index in [2.05, 4.69) is 0 Å². The van der Waals surface area contributed by atoms with Gasteiger partial charge in [-0.3, -0.25) is 14.5 Å². The van der Waals surface area contributed by atoms with Gasteiger partial charge in [-0.2, -0.15) is 0 Å². The van der Waals surface area contributed by atoms with Crippen LogP contribution in [-0.2, 0) is 9.59 Å². The lowest BCUT2D eigenvalue weighted by Gasteiger charge is -2.36. The first-order valence-electron chi connectivity index (χ1n) is 7.85. The summed E-state index contributed by atoms with van der Waals surface area (Å²) in [6, 6.07) is -0.448. The third-order valence-electron chi connectivity index (χ3n) is 5.47. The van der Waals surface area contributed by atoms with E-state index in [0.29, 0.717) is 49.8 Å². The van der Waals surface area contributed by atoms with Crippen molar-refractivity contribution < 1.29 is 14.7 Å². The fourth-order valence-corrected chi connectivity index (χ4v) is 4.06. The third-order valence-corrected chi connectivity index (χ3v) is 5.47. The smallest absolute Gasteiger partial charge is 0.320 e. The van der Waals surface area contributed by atoms with Crippen molar-refractivity contribution in [1.29, 1.82) is 0 Å². The molecule has 5 heteroatoms. The fourth-order valence-electron chi connectivity index (χ4n) is 4.06. The third kappa shape index (κ3) is 2.43. The number of aliphatic carboxylic acids is 1. The molecule has 2 aliphatic carbocycles. The molecule has 5 nitrogen and oxygen atoms in total. The standard InChI is InChI=1S/C15H24N2O3/c1-10(15(19)20)16-6-8-17(9-7-16)14(18)13-11-4-2-3-5-12(11)13/h10-13H,2-9H2,1H3,(H,19,20). The summed E-state index contributed by atoms with van der Waals surface area (Å²) in [6.07, 6.45) is 5.04. The Morgan fingerprint density at radius 2 is 1.60 bits per heavy atom. The lowest BCUT2D eigenvalue weighted by Crippen LogP contribution is -2.53. The monoisotopic (exact) mass is 280 g/mol. The first-order chi connectivity index (χ1) is 9.59. The predicted octanol–water partition coefficient (Wildman–Crippen LogP) is 1.04. The minimum atomic E-state index is -0.780. The van der Waals surface area contributed by atoms with E-state index in [9.17, 15) is 9.59 Å². The van der Waals surface area contributed by atoms with Crippen molar-refractivity contribution >= 4 is 11.9 Å². The average molecular weight is 280 g/mol. The summed E-state index contributed by atoms with van der Waals surface area (Å²) in [5, 5.41) is 9.03. The van der Waals surface area contributed by atoms with Gasteiger partial charge in [0.15, 0.2) is 0 Å². The van der Waals surface area contributed by atoms with Crippen molar-refractivity contribution in [3.8, 4) is 0 Å². The van der Waals surface area contributed by atoms with Crippen molar-refractivity contribution in [2.24, 2.45) is 17.8 Å². The van der Waals surface area contributed by atoms with Gasteiger partial charge < -0.3 is 10.0 Å². The van der Waals surface area contributed by atoms with E-state index in [1.165, 1.54) is 25.7 Å². The SMILES string of the molecule is CC(C(=O)O)N1CCN(C(=O)C2C3CCCCC32)CC1. The number of carboxylic acid groups (broad SMARTS) is 1. The Morgan fingerprint density at radius 3 is 2.10 bits per heavy atom. The van der Waals surface area contributed by atoms with Crippen LogP contribution in [-0.4, -0.2) is 59.0 Å². The highest BCUT2D eigenvalue weighted by Gasteiger charge is 2.55. The quantitative estimate of drug-likeness (QED) is 0.839. The number of amides is 1. The number of hydrogen-bond donors (Lipinski definition) is 1. The Morgan fingerprint density at radius 1 is 1.05 bits per heavy atom. The summed E-state index contributed by atoms with van der Waals surface area (Å²) in [5.74, 6) is 1.17. The molecule has 1 aliphatic heterocycles. The molecule has 0 aromatic heterocycles. The first kappa shape index (κ1) is 13.9. The summed E-state index contributed by atoms with van der Waals surface area (Å²) in [4.78, 5) is 27.4. The maximum Gasteiger partial charge on any atom is 0.320 e. The van der Waals surface area contributed by atoms with Crippen molar-refractivity contribution in [1.82, 2.24) is 9.80 Å². The maximum atomic E-state index is 12.5. The van der Waals surface area contributed by atoms with Crippen LogP contribution in [0, 0.1) is 17.8 Å². The topological polar surface area (TPSA) is 60.9 Å². The van der Waals surface area contributed by atoms with E-state index >= 15 is 0 Å². The first-order valence-corrected chi connectivity index (χ1v) is 7.85. The normalized spacial score (nSPS) is 35.2. The van der Waals surface area contributed by atoms with E-state index in [-0.39, 0.29) is 0 Å². The summed E-state index contributed by atoms with van der Waals surface area (Å²) >= 11 is 0. The summed E-state index contributed by atoms with van der Waals surface area (Å²) < 4.78 is 0. The van der Waals surface area contributed by atoms with Crippen LogP contribution in [0.4, 0.5) is 0 Å². The Kier molecular flexibility index (Phi) is 3.71. The van der Waals surface area contributed by atoms with Gasteiger partial charge in [0.25, 0.3) is 0 Å². The molecule has 3 fully saturated rings. The van der Waals surface area contributed by atoms with Crippen LogP contribution in [0.2, 0.25) is 0 Å². The van der Waals surface area contributed by atoms with Crippen LogP contribution >= 0.6 is 0 Å². The molecule has 3 atom stereocenters. The number of rotatable bonds is 3. The molecule has 0 bridgehead atoms. The van der Waals surface area contributed by atoms with Gasteiger partial charge in [0.05, 0.1) is 0 Å². The molecule has 3 aliphatic rings. The van der Waals surface area contributed by atoms with E-state index in [1.54, 1.807) is 6.92 Å². The van der Waals surface area contributed by atoms with E-state index < -0.39 is 12.0 Å². The zero-order valence-electron chi connectivity index (χ0n) is 12.1. The van der Waals surface area contributed by atoms with Crippen molar-refractivity contribution in [3.63, 3.8) is 0 Å². The molecule has 3 rings (SSSR count). The average Bonchev–Trinajstić information content (AvgIpc) is 3.20. The van der Waals surface area contributed by atoms with Gasteiger partial charge in [-0.25, -0.2) is 0 Å². The van der Waals surface area contributed by atoms with E-state index in [4.69, 9.17) is 5.11 Å². The van der Waals surface area contributed by atoms with Crippen molar-refractivity contribution in [2.45, 2.75) is 38.6 Å². The van der Waals surface area contributed by atoms with Gasteiger partial charge in [-0.05, 0) is 31.6 Å². The molecular weight excluding hydrogens is 256 g/mol. The fraction of sp³-hybridized carbons (Fsp3) is 0.867. The van der Waals surface area contributed by atoms with Crippen molar-refractivity contribution in [3.05, 3.63) is 0 Å². The second kappa shape index (κ2) is 5.35. The van der Waals surface area contributed by atoms with E-state index in [0.717, 1.165) is 0 Å². The zero-order valence-corrected chi connectivity index (χ0v) is 12.1. The summed E-state index contributed by atoms with van der Waals surface area (Å²) in [7, 11) is 0. The Bertz CT molecular complexity index is 392. The summed E-state index contributed by atoms with van der Waals surface area (Å²) in [5.41, 5.74) is 0. The van der Waals surface area contributed by atoms with Gasteiger partial charge in [-0.15, -0.1) is 0 Å².